The first-order valence-electron chi connectivity index (χ1n) is 11.0. The van der Waals surface area contributed by atoms with E-state index in [4.69, 9.17) is 4.74 Å². The molecule has 1 heterocycles. The normalized spacial score (nSPS) is 11.6. The Balaban J connectivity index is 1.69. The second kappa shape index (κ2) is 11.9. The maximum Gasteiger partial charge on any atom is 0.153 e. The smallest absolute Gasteiger partial charge is 0.153 e. The first-order chi connectivity index (χ1) is 15.6. The fourth-order valence-electron chi connectivity index (χ4n) is 3.60. The molecular weight excluding hydrogens is 402 g/mol. The number of pyridine rings is 1. The minimum Gasteiger partial charge on any atom is -0.490 e. The van der Waals surface area contributed by atoms with E-state index in [0.29, 0.717) is 24.4 Å². The van der Waals surface area contributed by atoms with Gasteiger partial charge in [-0.1, -0.05) is 30.3 Å². The molecule has 0 aliphatic carbocycles. The molecule has 32 heavy (non-hydrogen) atoms. The number of aliphatic hydroxyl groups excluding tert-OH is 1. The summed E-state index contributed by atoms with van der Waals surface area (Å²) in [5, 5.41) is 10.7. The predicted molar refractivity (Wildman–Crippen MR) is 129 cm³/mol. The monoisotopic (exact) mass is 433 g/mol. The van der Waals surface area contributed by atoms with Crippen molar-refractivity contribution >= 4 is 17.8 Å². The summed E-state index contributed by atoms with van der Waals surface area (Å²) in [5.41, 5.74) is 2.80. The first-order valence-corrected chi connectivity index (χ1v) is 11.0. The van der Waals surface area contributed by atoms with E-state index < -0.39 is 6.10 Å². The molecule has 0 aliphatic rings. The van der Waals surface area contributed by atoms with E-state index in [2.05, 4.69) is 48.0 Å². The SMILES string of the molecule is CCN(CC)c1ccc(CN(CC(O)COc2ccccc2C=O)c2ccccn2)cc1. The number of anilines is 2. The summed E-state index contributed by atoms with van der Waals surface area (Å²) in [7, 11) is 0. The van der Waals surface area contributed by atoms with Gasteiger partial charge in [0.25, 0.3) is 0 Å². The van der Waals surface area contributed by atoms with Crippen LogP contribution < -0.4 is 14.5 Å². The fourth-order valence-corrected chi connectivity index (χ4v) is 3.60. The van der Waals surface area contributed by atoms with Crippen LogP contribution in [0.25, 0.3) is 0 Å². The van der Waals surface area contributed by atoms with Crippen molar-refractivity contribution in [2.75, 3.05) is 36.0 Å². The Hall–Kier alpha value is -3.38. The van der Waals surface area contributed by atoms with Gasteiger partial charge >= 0.3 is 0 Å². The highest BCUT2D eigenvalue weighted by Crippen LogP contribution is 2.20. The molecule has 0 fully saturated rings. The molecule has 0 radical (unpaired) electrons. The zero-order valence-electron chi connectivity index (χ0n) is 18.7. The molecule has 6 heteroatoms. The van der Waals surface area contributed by atoms with Crippen LogP contribution in [0.4, 0.5) is 11.5 Å². The molecule has 0 amide bonds. The summed E-state index contributed by atoms with van der Waals surface area (Å²) in [4.78, 5) is 20.0. The lowest BCUT2D eigenvalue weighted by molar-refractivity contribution is 0.106. The van der Waals surface area contributed by atoms with Crippen molar-refractivity contribution in [1.29, 1.82) is 0 Å². The second-order valence-corrected chi connectivity index (χ2v) is 7.53. The van der Waals surface area contributed by atoms with Crippen LogP contribution in [-0.2, 0) is 6.54 Å². The Morgan fingerprint density at radius 2 is 1.69 bits per heavy atom. The molecule has 3 aromatic rings. The van der Waals surface area contributed by atoms with E-state index >= 15 is 0 Å². The Bertz CT molecular complexity index is 960. The van der Waals surface area contributed by atoms with Crippen LogP contribution in [0.2, 0.25) is 0 Å². The first kappa shape index (κ1) is 23.3. The quantitative estimate of drug-likeness (QED) is 0.432. The van der Waals surface area contributed by atoms with Gasteiger partial charge in [0.05, 0.1) is 5.56 Å². The fraction of sp³-hybridized carbons (Fsp3) is 0.308. The average molecular weight is 434 g/mol. The van der Waals surface area contributed by atoms with E-state index in [1.165, 1.54) is 5.69 Å². The van der Waals surface area contributed by atoms with Crippen LogP contribution in [0.3, 0.4) is 0 Å². The summed E-state index contributed by atoms with van der Waals surface area (Å²) in [6.45, 7) is 7.27. The minimum atomic E-state index is -0.758. The molecule has 3 rings (SSSR count). The van der Waals surface area contributed by atoms with Gasteiger partial charge < -0.3 is 19.6 Å². The minimum absolute atomic E-state index is 0.0785. The lowest BCUT2D eigenvalue weighted by Gasteiger charge is -2.27. The molecule has 0 saturated carbocycles. The number of aromatic nitrogens is 1. The Morgan fingerprint density at radius 1 is 0.969 bits per heavy atom. The molecule has 2 aromatic carbocycles. The third-order valence-electron chi connectivity index (χ3n) is 5.32. The van der Waals surface area contributed by atoms with Crippen LogP contribution in [0, 0.1) is 0 Å². The van der Waals surface area contributed by atoms with Crippen molar-refractivity contribution < 1.29 is 14.6 Å². The van der Waals surface area contributed by atoms with Crippen molar-refractivity contribution in [2.24, 2.45) is 0 Å². The number of aliphatic hydroxyl groups is 1. The highest BCUT2D eigenvalue weighted by atomic mass is 16.5. The lowest BCUT2D eigenvalue weighted by atomic mass is 10.1. The number of hydrogen-bond acceptors (Lipinski definition) is 6. The molecule has 1 aromatic heterocycles. The van der Waals surface area contributed by atoms with Crippen LogP contribution in [0.5, 0.6) is 5.75 Å². The predicted octanol–water partition coefficient (Wildman–Crippen LogP) is 4.19. The Kier molecular flexibility index (Phi) is 8.63. The third kappa shape index (κ3) is 6.31. The zero-order chi connectivity index (χ0) is 22.8. The van der Waals surface area contributed by atoms with E-state index in [9.17, 15) is 9.90 Å². The van der Waals surface area contributed by atoms with E-state index in [1.54, 1.807) is 30.5 Å². The van der Waals surface area contributed by atoms with E-state index in [-0.39, 0.29) is 6.61 Å². The molecular formula is C26H31N3O3. The highest BCUT2D eigenvalue weighted by molar-refractivity contribution is 5.79. The maximum atomic E-state index is 11.2. The zero-order valence-corrected chi connectivity index (χ0v) is 18.7. The molecule has 0 bridgehead atoms. The van der Waals surface area contributed by atoms with Crippen molar-refractivity contribution in [2.45, 2.75) is 26.5 Å². The molecule has 6 nitrogen and oxygen atoms in total. The number of carbonyl (C=O) groups is 1. The van der Waals surface area contributed by atoms with Crippen molar-refractivity contribution in [3.63, 3.8) is 0 Å². The van der Waals surface area contributed by atoms with Gasteiger partial charge in [-0.3, -0.25) is 4.79 Å². The van der Waals surface area contributed by atoms with E-state index in [0.717, 1.165) is 30.8 Å². The van der Waals surface area contributed by atoms with Crippen molar-refractivity contribution in [3.05, 3.63) is 84.1 Å². The second-order valence-electron chi connectivity index (χ2n) is 7.53. The Labute approximate surface area is 190 Å². The van der Waals surface area contributed by atoms with Gasteiger partial charge in [0.15, 0.2) is 6.29 Å². The summed E-state index contributed by atoms with van der Waals surface area (Å²) in [6, 6.07) is 21.2. The van der Waals surface area contributed by atoms with Gasteiger partial charge in [0, 0.05) is 38.1 Å². The van der Waals surface area contributed by atoms with Gasteiger partial charge in [-0.2, -0.15) is 0 Å². The van der Waals surface area contributed by atoms with Crippen molar-refractivity contribution in [3.8, 4) is 5.75 Å². The molecule has 1 N–H and O–H groups in total. The maximum absolute atomic E-state index is 11.2. The number of ether oxygens (including phenoxy) is 1. The molecule has 0 spiro atoms. The topological polar surface area (TPSA) is 65.9 Å². The average Bonchev–Trinajstić information content (AvgIpc) is 2.85. The van der Waals surface area contributed by atoms with Crippen molar-refractivity contribution in [1.82, 2.24) is 4.98 Å². The Morgan fingerprint density at radius 3 is 2.34 bits per heavy atom. The molecule has 0 saturated heterocycles. The van der Waals surface area contributed by atoms with Gasteiger partial charge in [0.2, 0.25) is 0 Å². The van der Waals surface area contributed by atoms with Gasteiger partial charge in [-0.15, -0.1) is 0 Å². The van der Waals surface area contributed by atoms with Gasteiger partial charge in [-0.25, -0.2) is 4.98 Å². The number of nitrogens with zero attached hydrogens (tertiary/aromatic N) is 3. The number of aldehydes is 1. The molecule has 1 unspecified atom stereocenters. The number of rotatable bonds is 12. The third-order valence-corrected chi connectivity index (χ3v) is 5.32. The number of para-hydroxylation sites is 1. The summed E-state index contributed by atoms with van der Waals surface area (Å²) < 4.78 is 5.71. The van der Waals surface area contributed by atoms with Crippen LogP contribution in [0.1, 0.15) is 29.8 Å². The van der Waals surface area contributed by atoms with Crippen LogP contribution in [0.15, 0.2) is 72.9 Å². The summed E-state index contributed by atoms with van der Waals surface area (Å²) in [6.07, 6.45) is 1.74. The molecule has 1 atom stereocenters. The lowest BCUT2D eigenvalue weighted by Crippen LogP contribution is -2.36. The molecule has 168 valence electrons. The number of benzene rings is 2. The van der Waals surface area contributed by atoms with E-state index in [1.807, 2.05) is 23.1 Å². The number of carbonyl (C=O) groups excluding carboxylic acids is 1. The summed E-state index contributed by atoms with van der Waals surface area (Å²) >= 11 is 0. The van der Waals surface area contributed by atoms with Crippen LogP contribution in [-0.4, -0.2) is 48.7 Å². The molecule has 0 aliphatic heterocycles. The largest absolute Gasteiger partial charge is 0.490 e. The van der Waals surface area contributed by atoms with Gasteiger partial charge in [0.1, 0.15) is 24.3 Å². The van der Waals surface area contributed by atoms with Crippen LogP contribution >= 0.6 is 0 Å². The highest BCUT2D eigenvalue weighted by Gasteiger charge is 2.16. The summed E-state index contributed by atoms with van der Waals surface area (Å²) in [5.74, 6) is 1.26. The number of hydrogen-bond donors (Lipinski definition) is 1. The standard InChI is InChI=1S/C26H31N3O3/c1-3-28(4-2)23-14-12-21(13-15-23)17-29(26-11-7-8-16-27-26)18-24(31)20-32-25-10-6-5-9-22(25)19-30/h5-16,19,24,31H,3-4,17-18,20H2,1-2H3. The van der Waals surface area contributed by atoms with Gasteiger partial charge in [-0.05, 0) is 55.8 Å².